The number of carbonyl (C=O) groups excluding carboxylic acids is 2. The molecule has 0 bridgehead atoms. The zero-order valence-electron chi connectivity index (χ0n) is 20.7. The topological polar surface area (TPSA) is 119 Å². The van der Waals surface area contributed by atoms with Gasteiger partial charge in [-0.3, -0.25) is 14.6 Å². The van der Waals surface area contributed by atoms with Gasteiger partial charge in [0.1, 0.15) is 23.8 Å². The van der Waals surface area contributed by atoms with E-state index in [0.717, 1.165) is 42.8 Å². The molecule has 10 nitrogen and oxygen atoms in total. The van der Waals surface area contributed by atoms with Crippen LogP contribution in [-0.2, 0) is 16.1 Å². The number of amides is 2. The monoisotopic (exact) mass is 491 g/mol. The number of fused-ring (bicyclic) bond motifs is 1. The molecule has 2 amide bonds. The molecule has 0 aromatic carbocycles. The molecule has 190 valence electrons. The molecule has 2 aliphatic rings. The van der Waals surface area contributed by atoms with E-state index >= 15 is 0 Å². The SMILES string of the molecule is CN(C(=O)COCCn1ccc2ccc(C(N)=O)nc21)C1CCN(c2cnc(C3CCC3)cn2)CC1. The average molecular weight is 492 g/mol. The van der Waals surface area contributed by atoms with E-state index in [0.29, 0.717) is 24.7 Å². The summed E-state index contributed by atoms with van der Waals surface area (Å²) < 4.78 is 7.58. The maximum Gasteiger partial charge on any atom is 0.267 e. The summed E-state index contributed by atoms with van der Waals surface area (Å²) in [5.41, 5.74) is 7.35. The second-order valence-corrected chi connectivity index (χ2v) is 9.69. The van der Waals surface area contributed by atoms with Gasteiger partial charge < -0.3 is 24.8 Å². The van der Waals surface area contributed by atoms with Crippen molar-refractivity contribution in [3.05, 3.63) is 48.2 Å². The number of hydrogen-bond donors (Lipinski definition) is 1. The van der Waals surface area contributed by atoms with Gasteiger partial charge in [0.05, 0.1) is 24.7 Å². The minimum Gasteiger partial charge on any atom is -0.370 e. The number of anilines is 1. The van der Waals surface area contributed by atoms with E-state index in [1.165, 1.54) is 19.3 Å². The Morgan fingerprint density at radius 2 is 1.92 bits per heavy atom. The Kier molecular flexibility index (Phi) is 7.13. The summed E-state index contributed by atoms with van der Waals surface area (Å²) in [5.74, 6) is 0.928. The van der Waals surface area contributed by atoms with Gasteiger partial charge in [0.25, 0.3) is 5.91 Å². The van der Waals surface area contributed by atoms with Crippen molar-refractivity contribution in [2.45, 2.75) is 50.6 Å². The predicted molar refractivity (Wildman–Crippen MR) is 136 cm³/mol. The predicted octanol–water partition coefficient (Wildman–Crippen LogP) is 2.34. The first-order chi connectivity index (χ1) is 17.5. The number of nitrogens with two attached hydrogens (primary N) is 1. The molecule has 2 fully saturated rings. The zero-order valence-corrected chi connectivity index (χ0v) is 20.7. The van der Waals surface area contributed by atoms with E-state index < -0.39 is 5.91 Å². The third kappa shape index (κ3) is 5.18. The van der Waals surface area contributed by atoms with Crippen molar-refractivity contribution in [3.63, 3.8) is 0 Å². The fraction of sp³-hybridized carbons (Fsp3) is 0.500. The first kappa shape index (κ1) is 24.2. The van der Waals surface area contributed by atoms with Crippen molar-refractivity contribution in [2.75, 3.05) is 38.3 Å². The largest absolute Gasteiger partial charge is 0.370 e. The van der Waals surface area contributed by atoms with E-state index in [1.807, 2.05) is 47.2 Å². The molecule has 3 aromatic heterocycles. The van der Waals surface area contributed by atoms with Gasteiger partial charge in [-0.2, -0.15) is 0 Å². The molecule has 4 heterocycles. The van der Waals surface area contributed by atoms with Crippen LogP contribution in [0.25, 0.3) is 11.0 Å². The van der Waals surface area contributed by atoms with Gasteiger partial charge in [-0.15, -0.1) is 0 Å². The highest BCUT2D eigenvalue weighted by atomic mass is 16.5. The number of carbonyl (C=O) groups is 2. The second-order valence-electron chi connectivity index (χ2n) is 9.69. The van der Waals surface area contributed by atoms with Crippen LogP contribution in [0.3, 0.4) is 0 Å². The zero-order chi connectivity index (χ0) is 25.1. The van der Waals surface area contributed by atoms with E-state index in [2.05, 4.69) is 19.9 Å². The minimum absolute atomic E-state index is 0.0235. The Balaban J connectivity index is 1.06. The molecule has 1 saturated heterocycles. The van der Waals surface area contributed by atoms with Gasteiger partial charge >= 0.3 is 0 Å². The maximum absolute atomic E-state index is 12.7. The lowest BCUT2D eigenvalue weighted by molar-refractivity contribution is -0.137. The van der Waals surface area contributed by atoms with Gasteiger partial charge in [-0.1, -0.05) is 6.42 Å². The maximum atomic E-state index is 12.7. The van der Waals surface area contributed by atoms with Crippen LogP contribution in [0.1, 0.15) is 54.2 Å². The molecule has 10 heteroatoms. The van der Waals surface area contributed by atoms with Crippen molar-refractivity contribution in [2.24, 2.45) is 5.73 Å². The molecule has 0 spiro atoms. The lowest BCUT2D eigenvalue weighted by Gasteiger charge is -2.37. The van der Waals surface area contributed by atoms with Gasteiger partial charge in [0, 0.05) is 50.2 Å². The van der Waals surface area contributed by atoms with Crippen molar-refractivity contribution in [1.82, 2.24) is 24.4 Å². The average Bonchev–Trinajstić information content (AvgIpc) is 3.28. The second kappa shape index (κ2) is 10.6. The highest BCUT2D eigenvalue weighted by Crippen LogP contribution is 2.35. The first-order valence-electron chi connectivity index (χ1n) is 12.7. The number of rotatable bonds is 9. The molecule has 1 aliphatic carbocycles. The van der Waals surface area contributed by atoms with Gasteiger partial charge in [-0.05, 0) is 43.9 Å². The summed E-state index contributed by atoms with van der Waals surface area (Å²) >= 11 is 0. The molecule has 0 radical (unpaired) electrons. The summed E-state index contributed by atoms with van der Waals surface area (Å²) in [6.07, 6.45) is 11.2. The molecule has 36 heavy (non-hydrogen) atoms. The van der Waals surface area contributed by atoms with Crippen LogP contribution in [0.5, 0.6) is 0 Å². The van der Waals surface area contributed by atoms with Crippen molar-refractivity contribution >= 4 is 28.7 Å². The van der Waals surface area contributed by atoms with Crippen LogP contribution >= 0.6 is 0 Å². The Morgan fingerprint density at radius 1 is 1.11 bits per heavy atom. The molecule has 2 N–H and O–H groups in total. The number of aromatic nitrogens is 4. The van der Waals surface area contributed by atoms with E-state index in [4.69, 9.17) is 10.5 Å². The summed E-state index contributed by atoms with van der Waals surface area (Å²) in [7, 11) is 1.86. The molecular formula is C26H33N7O3. The standard InChI is InChI=1S/C26H33N7O3/c1-31(20-8-11-32(12-9-20)23-16-28-22(15-29-23)18-3-2-4-18)24(34)17-36-14-13-33-10-7-19-5-6-21(25(27)35)30-26(19)33/h5-7,10,15-16,18,20H,2-4,8-9,11-14,17H2,1H3,(H2,27,35). The number of primary amides is 1. The third-order valence-corrected chi connectivity index (χ3v) is 7.48. The smallest absolute Gasteiger partial charge is 0.267 e. The Hall–Kier alpha value is -3.53. The molecule has 1 aliphatic heterocycles. The normalized spacial score (nSPS) is 16.8. The van der Waals surface area contributed by atoms with Crippen LogP contribution in [0.2, 0.25) is 0 Å². The van der Waals surface area contributed by atoms with Crippen LogP contribution in [0, 0.1) is 0 Å². The number of ether oxygens (including phenoxy) is 1. The molecule has 3 aromatic rings. The lowest BCUT2D eigenvalue weighted by Crippen LogP contribution is -2.47. The minimum atomic E-state index is -0.560. The molecule has 5 rings (SSSR count). The summed E-state index contributed by atoms with van der Waals surface area (Å²) in [4.78, 5) is 41.8. The van der Waals surface area contributed by atoms with Crippen LogP contribution in [-0.4, -0.2) is 75.6 Å². The van der Waals surface area contributed by atoms with Crippen molar-refractivity contribution in [1.29, 1.82) is 0 Å². The first-order valence-corrected chi connectivity index (χ1v) is 12.7. The summed E-state index contributed by atoms with van der Waals surface area (Å²) in [5, 5.41) is 0.919. The quantitative estimate of drug-likeness (QED) is 0.456. The van der Waals surface area contributed by atoms with Gasteiger partial charge in [-0.25, -0.2) is 9.97 Å². The van der Waals surface area contributed by atoms with Crippen LogP contribution in [0.15, 0.2) is 36.8 Å². The van der Waals surface area contributed by atoms with E-state index in [1.54, 1.807) is 6.07 Å². The third-order valence-electron chi connectivity index (χ3n) is 7.48. The van der Waals surface area contributed by atoms with Crippen LogP contribution in [0.4, 0.5) is 5.82 Å². The fourth-order valence-corrected chi connectivity index (χ4v) is 4.90. The molecular weight excluding hydrogens is 458 g/mol. The van der Waals surface area contributed by atoms with E-state index in [-0.39, 0.29) is 24.2 Å². The number of nitrogens with zero attached hydrogens (tertiary/aromatic N) is 6. The Morgan fingerprint density at radius 3 is 2.58 bits per heavy atom. The number of likely N-dealkylation sites (N-methyl/N-ethyl adjacent to an activating group) is 1. The van der Waals surface area contributed by atoms with E-state index in [9.17, 15) is 9.59 Å². The van der Waals surface area contributed by atoms with Crippen molar-refractivity contribution < 1.29 is 14.3 Å². The Bertz CT molecular complexity index is 1210. The number of pyridine rings is 1. The lowest BCUT2D eigenvalue weighted by atomic mass is 9.83. The molecule has 0 atom stereocenters. The van der Waals surface area contributed by atoms with Gasteiger partial charge in [0.2, 0.25) is 5.91 Å². The molecule has 0 unspecified atom stereocenters. The number of hydrogen-bond acceptors (Lipinski definition) is 7. The highest BCUT2D eigenvalue weighted by Gasteiger charge is 2.27. The Labute approximate surface area is 210 Å². The highest BCUT2D eigenvalue weighted by molar-refractivity contribution is 5.93. The summed E-state index contributed by atoms with van der Waals surface area (Å²) in [6, 6.07) is 5.54. The molecule has 1 saturated carbocycles. The van der Waals surface area contributed by atoms with Crippen molar-refractivity contribution in [3.8, 4) is 0 Å². The van der Waals surface area contributed by atoms with Gasteiger partial charge in [0.15, 0.2) is 0 Å². The number of piperidine rings is 1. The van der Waals surface area contributed by atoms with Crippen LogP contribution < -0.4 is 10.6 Å². The summed E-state index contributed by atoms with van der Waals surface area (Å²) in [6.45, 7) is 2.61. The fourth-order valence-electron chi connectivity index (χ4n) is 4.90.